The number of rotatable bonds is 6. The van der Waals surface area contributed by atoms with Crippen molar-refractivity contribution in [2.45, 2.75) is 40.0 Å². The molecule has 0 radical (unpaired) electrons. The minimum Gasteiger partial charge on any atom is -0.378 e. The number of anilines is 1. The minimum absolute atomic E-state index is 0.178. The molecule has 0 amide bonds. The van der Waals surface area contributed by atoms with Crippen LogP contribution in [0.1, 0.15) is 50.4 Å². The molecule has 0 aliphatic heterocycles. The van der Waals surface area contributed by atoms with E-state index >= 15 is 0 Å². The van der Waals surface area contributed by atoms with Gasteiger partial charge in [-0.05, 0) is 31.5 Å². The van der Waals surface area contributed by atoms with Crippen molar-refractivity contribution in [3.05, 3.63) is 29.8 Å². The van der Waals surface area contributed by atoms with E-state index in [9.17, 15) is 4.79 Å². The molecule has 0 saturated heterocycles. The van der Waals surface area contributed by atoms with Crippen molar-refractivity contribution in [1.29, 1.82) is 0 Å². The molecule has 0 fully saturated rings. The molecule has 0 aromatic heterocycles. The average Bonchev–Trinajstić information content (AvgIpc) is 2.45. The predicted molar refractivity (Wildman–Crippen MR) is 88.5 cm³/mol. The van der Waals surface area contributed by atoms with Gasteiger partial charge in [0.15, 0.2) is 5.78 Å². The lowest BCUT2D eigenvalue weighted by Crippen LogP contribution is -2.15. The van der Waals surface area contributed by atoms with Crippen molar-refractivity contribution in [2.24, 2.45) is 11.7 Å². The second-order valence-electron chi connectivity index (χ2n) is 5.11. The van der Waals surface area contributed by atoms with E-state index in [4.69, 9.17) is 5.73 Å². The number of hydrogen-bond donors (Lipinski definition) is 1. The first-order valence-corrected chi connectivity index (χ1v) is 7.53. The lowest BCUT2D eigenvalue weighted by Gasteiger charge is -2.16. The van der Waals surface area contributed by atoms with Crippen LogP contribution in [-0.2, 0) is 0 Å². The van der Waals surface area contributed by atoms with Crippen LogP contribution < -0.4 is 10.6 Å². The highest BCUT2D eigenvalue weighted by Gasteiger charge is 2.17. The number of carbonyl (C=O) groups is 1. The van der Waals surface area contributed by atoms with Crippen LogP contribution in [0.5, 0.6) is 0 Å². The molecular weight excluding hydrogens is 248 g/mol. The van der Waals surface area contributed by atoms with Crippen molar-refractivity contribution >= 4 is 11.5 Å². The summed E-state index contributed by atoms with van der Waals surface area (Å²) in [4.78, 5) is 14.3. The Bertz CT molecular complexity index is 388. The van der Waals surface area contributed by atoms with Crippen LogP contribution in [-0.4, -0.2) is 26.4 Å². The molecule has 1 rings (SSSR count). The van der Waals surface area contributed by atoms with Crippen LogP contribution in [0.3, 0.4) is 0 Å². The van der Waals surface area contributed by atoms with Gasteiger partial charge in [0, 0.05) is 31.3 Å². The molecule has 0 saturated carbocycles. The van der Waals surface area contributed by atoms with Gasteiger partial charge in [-0.25, -0.2) is 0 Å². The Morgan fingerprint density at radius 1 is 1.25 bits per heavy atom. The first-order chi connectivity index (χ1) is 9.51. The summed E-state index contributed by atoms with van der Waals surface area (Å²) in [6.07, 6.45) is 2.98. The third-order valence-electron chi connectivity index (χ3n) is 3.15. The molecule has 114 valence electrons. The molecule has 1 aromatic rings. The predicted octanol–water partition coefficient (Wildman–Crippen LogP) is 3.73. The van der Waals surface area contributed by atoms with Gasteiger partial charge in [0.2, 0.25) is 0 Å². The minimum atomic E-state index is 0.178. The van der Waals surface area contributed by atoms with Crippen LogP contribution in [0.2, 0.25) is 0 Å². The Hall–Kier alpha value is -1.35. The van der Waals surface area contributed by atoms with Gasteiger partial charge >= 0.3 is 0 Å². The zero-order chi connectivity index (χ0) is 15.5. The summed E-state index contributed by atoms with van der Waals surface area (Å²) >= 11 is 0. The van der Waals surface area contributed by atoms with Crippen LogP contribution in [0.15, 0.2) is 24.3 Å². The van der Waals surface area contributed by atoms with E-state index < -0.39 is 0 Å². The molecule has 20 heavy (non-hydrogen) atoms. The molecule has 1 aromatic carbocycles. The second kappa shape index (κ2) is 10.4. The van der Waals surface area contributed by atoms with Gasteiger partial charge in [0.25, 0.3) is 0 Å². The zero-order valence-electron chi connectivity index (χ0n) is 13.6. The van der Waals surface area contributed by atoms with Gasteiger partial charge in [0.1, 0.15) is 0 Å². The van der Waals surface area contributed by atoms with E-state index in [1.165, 1.54) is 0 Å². The number of Topliss-reactive ketones (excluding diaryl/α,β-unsaturated/α-hetero) is 1. The Labute approximate surface area is 124 Å². The Morgan fingerprint density at radius 3 is 2.30 bits per heavy atom. The fraction of sp³-hybridized carbons (Fsp3) is 0.588. The standard InChI is InChI=1S/C15H23NO.C2H7N/c1-5-8-12(6-2)15(17)13-9-7-10-14(11-13)16(3)4;1-2-3/h7,9-12H,5-6,8H2,1-4H3;2-3H2,1H3. The number of ketones is 1. The Balaban J connectivity index is 0.00000110. The number of hydrogen-bond acceptors (Lipinski definition) is 3. The van der Waals surface area contributed by atoms with Crippen LogP contribution in [0, 0.1) is 5.92 Å². The smallest absolute Gasteiger partial charge is 0.166 e. The molecule has 0 aliphatic carbocycles. The van der Waals surface area contributed by atoms with E-state index in [1.54, 1.807) is 0 Å². The van der Waals surface area contributed by atoms with Crippen LogP contribution >= 0.6 is 0 Å². The van der Waals surface area contributed by atoms with Crippen molar-refractivity contribution in [2.75, 3.05) is 25.5 Å². The molecule has 1 unspecified atom stereocenters. The highest BCUT2D eigenvalue weighted by Crippen LogP contribution is 2.20. The number of nitrogens with zero attached hydrogens (tertiary/aromatic N) is 1. The molecule has 0 aliphatic rings. The molecule has 0 heterocycles. The maximum absolute atomic E-state index is 12.3. The fourth-order valence-electron chi connectivity index (χ4n) is 2.04. The van der Waals surface area contributed by atoms with Gasteiger partial charge < -0.3 is 10.6 Å². The number of carbonyl (C=O) groups excluding carboxylic acids is 1. The third kappa shape index (κ3) is 6.20. The topological polar surface area (TPSA) is 46.3 Å². The van der Waals surface area contributed by atoms with E-state index in [1.807, 2.05) is 50.2 Å². The van der Waals surface area contributed by atoms with Gasteiger partial charge in [-0.1, -0.05) is 39.3 Å². The molecule has 3 heteroatoms. The normalized spacial score (nSPS) is 11.3. The first-order valence-electron chi connectivity index (χ1n) is 7.53. The van der Waals surface area contributed by atoms with Gasteiger partial charge in [0.05, 0.1) is 0 Å². The summed E-state index contributed by atoms with van der Waals surface area (Å²) in [6, 6.07) is 7.90. The Kier molecular flexibility index (Phi) is 9.73. The molecule has 2 N–H and O–H groups in total. The van der Waals surface area contributed by atoms with Crippen LogP contribution in [0.4, 0.5) is 5.69 Å². The summed E-state index contributed by atoms with van der Waals surface area (Å²) in [5, 5.41) is 0. The van der Waals surface area contributed by atoms with E-state index in [0.717, 1.165) is 37.1 Å². The van der Waals surface area contributed by atoms with Crippen molar-refractivity contribution in [3.8, 4) is 0 Å². The summed E-state index contributed by atoms with van der Waals surface area (Å²) in [6.45, 7) is 6.88. The van der Waals surface area contributed by atoms with E-state index in [-0.39, 0.29) is 11.7 Å². The summed E-state index contributed by atoms with van der Waals surface area (Å²) < 4.78 is 0. The first kappa shape index (κ1) is 18.7. The highest BCUT2D eigenvalue weighted by molar-refractivity contribution is 5.98. The van der Waals surface area contributed by atoms with Gasteiger partial charge in [-0.3, -0.25) is 4.79 Å². The summed E-state index contributed by atoms with van der Waals surface area (Å²) in [5.41, 5.74) is 6.78. The van der Waals surface area contributed by atoms with Crippen molar-refractivity contribution in [3.63, 3.8) is 0 Å². The monoisotopic (exact) mass is 278 g/mol. The lowest BCUT2D eigenvalue weighted by molar-refractivity contribution is 0.0909. The largest absolute Gasteiger partial charge is 0.378 e. The molecule has 0 spiro atoms. The second-order valence-corrected chi connectivity index (χ2v) is 5.11. The SMILES string of the molecule is CCCC(CC)C(=O)c1cccc(N(C)C)c1.CCN. The van der Waals surface area contributed by atoms with E-state index in [2.05, 4.69) is 13.8 Å². The molecular formula is C17H30N2O. The number of benzene rings is 1. The average molecular weight is 278 g/mol. The van der Waals surface area contributed by atoms with Gasteiger partial charge in [-0.15, -0.1) is 0 Å². The van der Waals surface area contributed by atoms with Crippen molar-refractivity contribution in [1.82, 2.24) is 0 Å². The zero-order valence-corrected chi connectivity index (χ0v) is 13.6. The maximum Gasteiger partial charge on any atom is 0.166 e. The third-order valence-corrected chi connectivity index (χ3v) is 3.15. The van der Waals surface area contributed by atoms with Crippen LogP contribution in [0.25, 0.3) is 0 Å². The molecule has 1 atom stereocenters. The molecule has 0 bridgehead atoms. The molecule has 3 nitrogen and oxygen atoms in total. The van der Waals surface area contributed by atoms with E-state index in [0.29, 0.717) is 0 Å². The quantitative estimate of drug-likeness (QED) is 0.807. The highest BCUT2D eigenvalue weighted by atomic mass is 16.1. The lowest BCUT2D eigenvalue weighted by atomic mass is 9.91. The number of nitrogens with two attached hydrogens (primary N) is 1. The summed E-state index contributed by atoms with van der Waals surface area (Å²) in [7, 11) is 3.99. The maximum atomic E-state index is 12.3. The summed E-state index contributed by atoms with van der Waals surface area (Å²) in [5.74, 6) is 0.468. The van der Waals surface area contributed by atoms with Crippen molar-refractivity contribution < 1.29 is 4.79 Å². The fourth-order valence-corrected chi connectivity index (χ4v) is 2.04. The van der Waals surface area contributed by atoms with Gasteiger partial charge in [-0.2, -0.15) is 0 Å². The Morgan fingerprint density at radius 2 is 1.85 bits per heavy atom.